The van der Waals surface area contributed by atoms with E-state index in [2.05, 4.69) is 49.7 Å². The van der Waals surface area contributed by atoms with Crippen molar-refractivity contribution in [3.05, 3.63) is 0 Å². The first-order valence-electron chi connectivity index (χ1n) is 9.40. The number of rotatable bonds is 0. The second-order valence-corrected chi connectivity index (χ2v) is 13.5. The maximum atomic E-state index is 11.8. The first-order valence-corrected chi connectivity index (χ1v) is 12.5. The van der Waals surface area contributed by atoms with Crippen LogP contribution in [0.25, 0.3) is 0 Å². The highest BCUT2D eigenvalue weighted by Crippen LogP contribution is 2.37. The van der Waals surface area contributed by atoms with Gasteiger partial charge >= 0.3 is 0 Å². The molecule has 0 amide bonds. The van der Waals surface area contributed by atoms with Gasteiger partial charge in [0.05, 0.1) is 11.4 Å². The van der Waals surface area contributed by atoms with Gasteiger partial charge in [-0.05, 0) is 27.7 Å². The number of hydrogen-bond donors (Lipinski definition) is 3. The molecule has 0 spiro atoms. The Kier molecular flexibility index (Phi) is 7.34. The van der Waals surface area contributed by atoms with Gasteiger partial charge in [0.15, 0.2) is 0 Å². The van der Waals surface area contributed by atoms with E-state index in [0.717, 1.165) is 22.9 Å². The van der Waals surface area contributed by atoms with Crippen molar-refractivity contribution in [3.63, 3.8) is 0 Å². The molecular formula is C20H37N5OS2. The van der Waals surface area contributed by atoms with Crippen molar-refractivity contribution in [2.24, 2.45) is 43.5 Å². The second-order valence-electron chi connectivity index (χ2n) is 10.3. The third kappa shape index (κ3) is 6.70. The Balaban J connectivity index is 0.000000283. The highest BCUT2D eigenvalue weighted by Gasteiger charge is 2.40. The van der Waals surface area contributed by atoms with E-state index in [1.165, 1.54) is 0 Å². The molecule has 0 aromatic heterocycles. The Morgan fingerprint density at radius 3 is 1.46 bits per heavy atom. The molecule has 0 unspecified atom stereocenters. The van der Waals surface area contributed by atoms with Gasteiger partial charge in [-0.3, -0.25) is 4.78 Å². The summed E-state index contributed by atoms with van der Waals surface area (Å²) in [6, 6.07) is 0. The smallest absolute Gasteiger partial charge is 0.0902 e. The van der Waals surface area contributed by atoms with E-state index in [1.807, 2.05) is 39.5 Å². The summed E-state index contributed by atoms with van der Waals surface area (Å²) >= 11 is 1.90. The molecule has 1 fully saturated rings. The molecule has 28 heavy (non-hydrogen) atoms. The number of nitrogens with zero attached hydrogens (tertiary/aromatic N) is 2. The second kappa shape index (κ2) is 8.27. The molecule has 2 aliphatic rings. The van der Waals surface area contributed by atoms with E-state index in [4.69, 9.17) is 16.5 Å². The maximum Gasteiger partial charge on any atom is 0.0902 e. The largest absolute Gasteiger partial charge is 0.323 e. The number of hydrazone groups is 2. The molecular weight excluding hydrogens is 390 g/mol. The van der Waals surface area contributed by atoms with Gasteiger partial charge in [-0.25, -0.2) is 4.21 Å². The Morgan fingerprint density at radius 1 is 0.857 bits per heavy atom. The van der Waals surface area contributed by atoms with Crippen molar-refractivity contribution >= 4 is 32.9 Å². The molecule has 2 heterocycles. The summed E-state index contributed by atoms with van der Waals surface area (Å²) in [4.78, 5) is 0. The first-order chi connectivity index (χ1) is 12.5. The molecule has 0 aliphatic carbocycles. The summed E-state index contributed by atoms with van der Waals surface area (Å²) in [5.41, 5.74) is 0.996. The third-order valence-corrected chi connectivity index (χ3v) is 8.85. The van der Waals surface area contributed by atoms with Crippen LogP contribution in [0.4, 0.5) is 0 Å². The zero-order valence-corrected chi connectivity index (χ0v) is 20.2. The van der Waals surface area contributed by atoms with Crippen molar-refractivity contribution < 1.29 is 4.21 Å². The fraction of sp³-hybridized carbons (Fsp3) is 0.800. The Labute approximate surface area is 175 Å². The van der Waals surface area contributed by atoms with E-state index in [-0.39, 0.29) is 21.7 Å². The average Bonchev–Trinajstić information content (AvgIpc) is 2.61. The summed E-state index contributed by atoms with van der Waals surface area (Å²) < 4.78 is 19.6. The van der Waals surface area contributed by atoms with Crippen LogP contribution in [-0.2, 0) is 9.73 Å². The average molecular weight is 428 g/mol. The standard InChI is InChI=1S/C10H20N4S.C10H17NOS/c1-9(2)5-15-6-10(3,4)8(14-12)7(9)13-11;1-9(2)5-6-10(3,4)8-13(11,12)7-9/h5-6,11-12H2,1-4H3;11H,7-8H2,1-4H3/b13-7-,14-8+;. The van der Waals surface area contributed by atoms with Gasteiger partial charge in [-0.15, -0.1) is 0 Å². The number of thioether (sulfide) groups is 1. The molecule has 0 aromatic carbocycles. The van der Waals surface area contributed by atoms with Gasteiger partial charge in [0, 0.05) is 54.4 Å². The van der Waals surface area contributed by atoms with Crippen LogP contribution in [-0.4, -0.2) is 38.6 Å². The highest BCUT2D eigenvalue weighted by atomic mass is 32.2. The molecule has 0 bridgehead atoms. The van der Waals surface area contributed by atoms with Gasteiger partial charge in [0.1, 0.15) is 0 Å². The third-order valence-electron chi connectivity index (χ3n) is 4.62. The maximum absolute atomic E-state index is 11.8. The van der Waals surface area contributed by atoms with Crippen LogP contribution in [0.2, 0.25) is 0 Å². The van der Waals surface area contributed by atoms with Gasteiger partial charge in [0.2, 0.25) is 0 Å². The van der Waals surface area contributed by atoms with E-state index < -0.39 is 9.73 Å². The van der Waals surface area contributed by atoms with E-state index >= 15 is 0 Å². The SMILES string of the molecule is CC1(C)C#CC(C)(C)CS(=N)(=O)C1.CC1(C)CSCC(C)(C)C(=N\N)/C1=N\N. The van der Waals surface area contributed by atoms with Crippen molar-refractivity contribution in [2.75, 3.05) is 23.0 Å². The van der Waals surface area contributed by atoms with Gasteiger partial charge in [0.25, 0.3) is 0 Å². The molecule has 1 saturated heterocycles. The highest BCUT2D eigenvalue weighted by molar-refractivity contribution is 7.99. The molecule has 6 nitrogen and oxygen atoms in total. The Bertz CT molecular complexity index is 751. The number of hydrogen-bond acceptors (Lipinski definition) is 7. The molecule has 0 radical (unpaired) electrons. The van der Waals surface area contributed by atoms with Gasteiger partial charge < -0.3 is 11.7 Å². The fourth-order valence-electron chi connectivity index (χ4n) is 3.44. The predicted molar refractivity (Wildman–Crippen MR) is 124 cm³/mol. The lowest BCUT2D eigenvalue weighted by Gasteiger charge is -2.27. The van der Waals surface area contributed by atoms with Crippen molar-refractivity contribution in [2.45, 2.75) is 55.4 Å². The normalized spacial score (nSPS) is 29.4. The summed E-state index contributed by atoms with van der Waals surface area (Å²) in [6.45, 7) is 16.3. The zero-order valence-electron chi connectivity index (χ0n) is 18.6. The summed E-state index contributed by atoms with van der Waals surface area (Å²) in [5, 5.41) is 7.80. The van der Waals surface area contributed by atoms with Crippen molar-refractivity contribution in [1.82, 2.24) is 0 Å². The lowest BCUT2D eigenvalue weighted by Crippen LogP contribution is -2.40. The molecule has 8 heteroatoms. The molecule has 160 valence electrons. The molecule has 0 saturated carbocycles. The van der Waals surface area contributed by atoms with Crippen molar-refractivity contribution in [3.8, 4) is 11.8 Å². The van der Waals surface area contributed by atoms with Crippen LogP contribution >= 0.6 is 11.8 Å². The minimum absolute atomic E-state index is 0.0641. The quantitative estimate of drug-likeness (QED) is 0.311. The minimum atomic E-state index is -2.46. The molecule has 0 atom stereocenters. The molecule has 0 aromatic rings. The van der Waals surface area contributed by atoms with E-state index in [9.17, 15) is 4.21 Å². The van der Waals surface area contributed by atoms with E-state index in [1.54, 1.807) is 0 Å². The topological polar surface area (TPSA) is 118 Å². The summed E-state index contributed by atoms with van der Waals surface area (Å²) in [6.07, 6.45) is 0. The summed E-state index contributed by atoms with van der Waals surface area (Å²) in [5.74, 6) is 20.0. The van der Waals surface area contributed by atoms with Crippen LogP contribution in [0.3, 0.4) is 0 Å². The van der Waals surface area contributed by atoms with Gasteiger partial charge in [-0.1, -0.05) is 39.5 Å². The Morgan fingerprint density at radius 2 is 1.18 bits per heavy atom. The lowest BCUT2D eigenvalue weighted by atomic mass is 9.77. The van der Waals surface area contributed by atoms with Crippen LogP contribution in [0.5, 0.6) is 0 Å². The van der Waals surface area contributed by atoms with Crippen molar-refractivity contribution in [1.29, 1.82) is 4.78 Å². The molecule has 2 rings (SSSR count). The van der Waals surface area contributed by atoms with Crippen LogP contribution in [0, 0.1) is 38.3 Å². The first kappa shape index (κ1) is 24.8. The van der Waals surface area contributed by atoms with E-state index in [0.29, 0.717) is 11.5 Å². The lowest BCUT2D eigenvalue weighted by molar-refractivity contribution is 0.562. The number of nitrogens with two attached hydrogens (primary N) is 2. The zero-order chi connectivity index (χ0) is 22.0. The monoisotopic (exact) mass is 427 g/mol. The van der Waals surface area contributed by atoms with Crippen LogP contribution in [0.1, 0.15) is 55.4 Å². The van der Waals surface area contributed by atoms with Gasteiger partial charge in [-0.2, -0.15) is 22.0 Å². The summed E-state index contributed by atoms with van der Waals surface area (Å²) in [7, 11) is -2.46. The molecule has 2 aliphatic heterocycles. The fourth-order valence-corrected chi connectivity index (χ4v) is 7.41. The molecule has 5 N–H and O–H groups in total. The van der Waals surface area contributed by atoms with Crippen LogP contribution in [0.15, 0.2) is 10.2 Å². The number of nitrogens with one attached hydrogen (secondary N) is 1. The Hall–Kier alpha value is -1.20. The van der Waals surface area contributed by atoms with Crippen LogP contribution < -0.4 is 11.7 Å². The minimum Gasteiger partial charge on any atom is -0.323 e. The predicted octanol–water partition coefficient (Wildman–Crippen LogP) is 3.52.